The molecular formula is C14H21N3S. The molecule has 1 aliphatic rings. The lowest BCUT2D eigenvalue weighted by molar-refractivity contribution is 0.310. The van der Waals surface area contributed by atoms with Crippen LogP contribution < -0.4 is 10.6 Å². The molecule has 1 saturated heterocycles. The van der Waals surface area contributed by atoms with Crippen molar-refractivity contribution in [3.8, 4) is 0 Å². The van der Waals surface area contributed by atoms with Gasteiger partial charge >= 0.3 is 0 Å². The quantitative estimate of drug-likeness (QED) is 0.851. The molecule has 0 atom stereocenters. The Balaban J connectivity index is 2.12. The van der Waals surface area contributed by atoms with Crippen LogP contribution in [0.2, 0.25) is 0 Å². The summed E-state index contributed by atoms with van der Waals surface area (Å²) in [6.45, 7) is 6.72. The molecule has 0 unspecified atom stereocenters. The van der Waals surface area contributed by atoms with E-state index in [9.17, 15) is 0 Å². The fourth-order valence-corrected chi connectivity index (χ4v) is 2.78. The summed E-state index contributed by atoms with van der Waals surface area (Å²) in [5.74, 6) is 2.55. The molecule has 2 N–H and O–H groups in total. The first-order valence-corrected chi connectivity index (χ1v) is 7.00. The topological polar surface area (TPSA) is 42.2 Å². The predicted molar refractivity (Wildman–Crippen MR) is 79.9 cm³/mol. The molecule has 1 aromatic rings. The maximum absolute atomic E-state index is 5.76. The van der Waals surface area contributed by atoms with Crippen molar-refractivity contribution in [1.29, 1.82) is 0 Å². The highest BCUT2D eigenvalue weighted by atomic mass is 32.1. The summed E-state index contributed by atoms with van der Waals surface area (Å²) in [7, 11) is 0. The third-order valence-electron chi connectivity index (χ3n) is 3.83. The van der Waals surface area contributed by atoms with Gasteiger partial charge in [-0.3, -0.25) is 0 Å². The van der Waals surface area contributed by atoms with E-state index in [1.165, 1.54) is 12.8 Å². The first-order valence-electron chi connectivity index (χ1n) is 6.59. The standard InChI is InChI=1S/C14H21N3S/c1-10(2)11-5-8-17(9-6-11)14-12(13(15)18)4-3-7-16-14/h3-4,7,10-11H,5-6,8-9H2,1-2H3,(H2,15,18). The molecule has 0 aliphatic carbocycles. The number of thiocarbonyl (C=S) groups is 1. The summed E-state index contributed by atoms with van der Waals surface area (Å²) in [4.78, 5) is 7.20. The Morgan fingerprint density at radius 3 is 2.67 bits per heavy atom. The van der Waals surface area contributed by atoms with Crippen LogP contribution in [0, 0.1) is 11.8 Å². The third kappa shape index (κ3) is 2.80. The van der Waals surface area contributed by atoms with E-state index >= 15 is 0 Å². The fraction of sp³-hybridized carbons (Fsp3) is 0.571. The number of anilines is 1. The van der Waals surface area contributed by atoms with Crippen molar-refractivity contribution in [2.75, 3.05) is 18.0 Å². The maximum atomic E-state index is 5.76. The van der Waals surface area contributed by atoms with Gasteiger partial charge in [0, 0.05) is 19.3 Å². The van der Waals surface area contributed by atoms with E-state index in [2.05, 4.69) is 23.7 Å². The average Bonchev–Trinajstić information content (AvgIpc) is 2.39. The van der Waals surface area contributed by atoms with E-state index in [1.807, 2.05) is 18.3 Å². The summed E-state index contributed by atoms with van der Waals surface area (Å²) in [5.41, 5.74) is 6.66. The largest absolute Gasteiger partial charge is 0.389 e. The first kappa shape index (κ1) is 13.3. The van der Waals surface area contributed by atoms with Crippen LogP contribution in [-0.2, 0) is 0 Å². The normalized spacial score (nSPS) is 17.2. The molecule has 0 spiro atoms. The molecule has 0 bridgehead atoms. The monoisotopic (exact) mass is 263 g/mol. The zero-order valence-corrected chi connectivity index (χ0v) is 11.9. The molecule has 4 heteroatoms. The molecule has 1 aromatic heterocycles. The lowest BCUT2D eigenvalue weighted by atomic mass is 9.86. The Hall–Kier alpha value is -1.16. The van der Waals surface area contributed by atoms with Crippen LogP contribution in [0.5, 0.6) is 0 Å². The Morgan fingerprint density at radius 1 is 1.44 bits per heavy atom. The van der Waals surface area contributed by atoms with Crippen LogP contribution in [0.3, 0.4) is 0 Å². The number of hydrogen-bond acceptors (Lipinski definition) is 3. The van der Waals surface area contributed by atoms with Gasteiger partial charge in [0.1, 0.15) is 10.8 Å². The number of pyridine rings is 1. The van der Waals surface area contributed by atoms with Gasteiger partial charge in [0.2, 0.25) is 0 Å². The zero-order valence-electron chi connectivity index (χ0n) is 11.1. The number of aromatic nitrogens is 1. The molecular weight excluding hydrogens is 242 g/mol. The predicted octanol–water partition coefficient (Wildman–Crippen LogP) is 2.59. The second-order valence-electron chi connectivity index (χ2n) is 5.31. The van der Waals surface area contributed by atoms with Gasteiger partial charge in [-0.05, 0) is 36.8 Å². The molecule has 18 heavy (non-hydrogen) atoms. The van der Waals surface area contributed by atoms with Crippen molar-refractivity contribution >= 4 is 23.0 Å². The van der Waals surface area contributed by atoms with Gasteiger partial charge in [0.05, 0.1) is 5.56 Å². The maximum Gasteiger partial charge on any atom is 0.138 e. The molecule has 1 fully saturated rings. The van der Waals surface area contributed by atoms with Crippen molar-refractivity contribution in [1.82, 2.24) is 4.98 Å². The number of piperidine rings is 1. The average molecular weight is 263 g/mol. The van der Waals surface area contributed by atoms with Crippen molar-refractivity contribution in [2.45, 2.75) is 26.7 Å². The van der Waals surface area contributed by atoms with E-state index in [4.69, 9.17) is 18.0 Å². The van der Waals surface area contributed by atoms with Gasteiger partial charge in [-0.1, -0.05) is 26.1 Å². The molecule has 0 aromatic carbocycles. The Bertz CT molecular complexity index is 423. The van der Waals surface area contributed by atoms with Crippen LogP contribution in [0.15, 0.2) is 18.3 Å². The van der Waals surface area contributed by atoms with Crippen LogP contribution in [-0.4, -0.2) is 23.1 Å². The zero-order chi connectivity index (χ0) is 13.1. The minimum Gasteiger partial charge on any atom is -0.389 e. The molecule has 2 heterocycles. The molecule has 0 radical (unpaired) electrons. The van der Waals surface area contributed by atoms with Gasteiger partial charge in [-0.2, -0.15) is 0 Å². The Kier molecular flexibility index (Phi) is 4.17. The van der Waals surface area contributed by atoms with E-state index in [0.29, 0.717) is 4.99 Å². The number of rotatable bonds is 3. The van der Waals surface area contributed by atoms with E-state index in [1.54, 1.807) is 0 Å². The minimum atomic E-state index is 0.434. The summed E-state index contributed by atoms with van der Waals surface area (Å²) >= 11 is 5.09. The van der Waals surface area contributed by atoms with E-state index in [0.717, 1.165) is 36.3 Å². The second kappa shape index (κ2) is 5.65. The highest BCUT2D eigenvalue weighted by Crippen LogP contribution is 2.28. The first-order chi connectivity index (χ1) is 8.59. The second-order valence-corrected chi connectivity index (χ2v) is 5.75. The highest BCUT2D eigenvalue weighted by Gasteiger charge is 2.23. The summed E-state index contributed by atoms with van der Waals surface area (Å²) in [5, 5.41) is 0. The number of nitrogens with zero attached hydrogens (tertiary/aromatic N) is 2. The van der Waals surface area contributed by atoms with Gasteiger partial charge in [-0.15, -0.1) is 0 Å². The number of nitrogens with two attached hydrogens (primary N) is 1. The smallest absolute Gasteiger partial charge is 0.138 e. The van der Waals surface area contributed by atoms with Crippen LogP contribution in [0.1, 0.15) is 32.3 Å². The van der Waals surface area contributed by atoms with Crippen molar-refractivity contribution in [3.63, 3.8) is 0 Å². The lowest BCUT2D eigenvalue weighted by Gasteiger charge is -2.35. The molecule has 98 valence electrons. The fourth-order valence-electron chi connectivity index (χ4n) is 2.62. The summed E-state index contributed by atoms with van der Waals surface area (Å²) in [6, 6.07) is 3.85. The van der Waals surface area contributed by atoms with E-state index in [-0.39, 0.29) is 0 Å². The van der Waals surface area contributed by atoms with Crippen molar-refractivity contribution in [3.05, 3.63) is 23.9 Å². The number of hydrogen-bond donors (Lipinski definition) is 1. The highest BCUT2D eigenvalue weighted by molar-refractivity contribution is 7.80. The lowest BCUT2D eigenvalue weighted by Crippen LogP contribution is -2.37. The Labute approximate surface area is 114 Å². The van der Waals surface area contributed by atoms with Crippen molar-refractivity contribution in [2.24, 2.45) is 17.6 Å². The minimum absolute atomic E-state index is 0.434. The molecule has 0 saturated carbocycles. The molecule has 0 amide bonds. The van der Waals surface area contributed by atoms with Crippen LogP contribution in [0.25, 0.3) is 0 Å². The van der Waals surface area contributed by atoms with Gasteiger partial charge in [0.15, 0.2) is 0 Å². The third-order valence-corrected chi connectivity index (χ3v) is 4.05. The molecule has 1 aliphatic heterocycles. The van der Waals surface area contributed by atoms with Gasteiger partial charge < -0.3 is 10.6 Å². The van der Waals surface area contributed by atoms with Gasteiger partial charge in [0.25, 0.3) is 0 Å². The van der Waals surface area contributed by atoms with E-state index < -0.39 is 0 Å². The Morgan fingerprint density at radius 2 is 2.11 bits per heavy atom. The summed E-state index contributed by atoms with van der Waals surface area (Å²) < 4.78 is 0. The van der Waals surface area contributed by atoms with Gasteiger partial charge in [-0.25, -0.2) is 4.98 Å². The SMILES string of the molecule is CC(C)C1CCN(c2ncccc2C(N)=S)CC1. The molecule has 2 rings (SSSR count). The van der Waals surface area contributed by atoms with Crippen LogP contribution >= 0.6 is 12.2 Å². The summed E-state index contributed by atoms with van der Waals surface area (Å²) in [6.07, 6.45) is 4.27. The van der Waals surface area contributed by atoms with Crippen molar-refractivity contribution < 1.29 is 0 Å². The van der Waals surface area contributed by atoms with Crippen LogP contribution in [0.4, 0.5) is 5.82 Å². The molecule has 3 nitrogen and oxygen atoms in total.